The first-order valence-corrected chi connectivity index (χ1v) is 10.5. The van der Waals surface area contributed by atoms with Crippen molar-refractivity contribution in [1.29, 1.82) is 0 Å². The van der Waals surface area contributed by atoms with Gasteiger partial charge < -0.3 is 4.74 Å². The summed E-state index contributed by atoms with van der Waals surface area (Å²) in [4.78, 5) is 0. The minimum Gasteiger partial charge on any atom is -0.376 e. The molecule has 23 heavy (non-hydrogen) atoms. The van der Waals surface area contributed by atoms with Gasteiger partial charge in [-0.05, 0) is 43.4 Å². The molecule has 0 spiro atoms. The van der Waals surface area contributed by atoms with Crippen LogP contribution < -0.4 is 0 Å². The molecule has 2 saturated carbocycles. The van der Waals surface area contributed by atoms with Crippen molar-refractivity contribution in [2.45, 2.75) is 103 Å². The number of rotatable bonds is 10. The first kappa shape index (κ1) is 19.2. The van der Waals surface area contributed by atoms with E-state index < -0.39 is 0 Å². The van der Waals surface area contributed by atoms with Crippen LogP contribution in [0.5, 0.6) is 0 Å². The van der Waals surface area contributed by atoms with Crippen molar-refractivity contribution in [3.63, 3.8) is 0 Å². The summed E-state index contributed by atoms with van der Waals surface area (Å²) in [5.41, 5.74) is 0. The van der Waals surface area contributed by atoms with E-state index in [0.29, 0.717) is 12.7 Å². The molecule has 0 aromatic carbocycles. The highest BCUT2D eigenvalue weighted by Crippen LogP contribution is 2.37. The molecular formula is C21H39FO. The molecule has 0 unspecified atom stereocenters. The van der Waals surface area contributed by atoms with Crippen LogP contribution in [0.1, 0.15) is 96.8 Å². The Balaban J connectivity index is 1.51. The van der Waals surface area contributed by atoms with E-state index in [0.717, 1.165) is 30.6 Å². The predicted octanol–water partition coefficient (Wildman–Crippen LogP) is 6.70. The smallest absolute Gasteiger partial charge is 0.113 e. The largest absolute Gasteiger partial charge is 0.376 e. The Morgan fingerprint density at radius 2 is 1.26 bits per heavy atom. The Labute approximate surface area is 143 Å². The molecule has 2 fully saturated rings. The third-order valence-electron chi connectivity index (χ3n) is 6.39. The van der Waals surface area contributed by atoms with Crippen molar-refractivity contribution in [3.8, 4) is 0 Å². The van der Waals surface area contributed by atoms with Gasteiger partial charge in [0.05, 0.1) is 12.7 Å². The molecule has 2 rings (SSSR count). The highest BCUT2D eigenvalue weighted by atomic mass is 19.1. The summed E-state index contributed by atoms with van der Waals surface area (Å²) < 4.78 is 17.7. The van der Waals surface area contributed by atoms with Crippen molar-refractivity contribution < 1.29 is 9.13 Å². The Hall–Kier alpha value is -0.110. The zero-order valence-electron chi connectivity index (χ0n) is 15.4. The second-order valence-electron chi connectivity index (χ2n) is 8.16. The molecule has 0 aromatic rings. The average Bonchev–Trinajstić information content (AvgIpc) is 2.60. The van der Waals surface area contributed by atoms with Crippen LogP contribution in [0.25, 0.3) is 0 Å². The fourth-order valence-electron chi connectivity index (χ4n) is 4.76. The maximum Gasteiger partial charge on any atom is 0.113 e. The average molecular weight is 327 g/mol. The topological polar surface area (TPSA) is 9.23 Å². The van der Waals surface area contributed by atoms with Gasteiger partial charge in [0, 0.05) is 0 Å². The highest BCUT2D eigenvalue weighted by Gasteiger charge is 2.24. The molecule has 0 radical (unpaired) electrons. The summed E-state index contributed by atoms with van der Waals surface area (Å²) in [6.45, 7) is 2.27. The molecule has 0 aliphatic heterocycles. The maximum atomic E-state index is 12.1. The molecule has 2 aliphatic rings. The molecular weight excluding hydrogens is 287 g/mol. The van der Waals surface area contributed by atoms with Gasteiger partial charge in [0.1, 0.15) is 6.67 Å². The van der Waals surface area contributed by atoms with Crippen molar-refractivity contribution >= 4 is 0 Å². The first-order valence-electron chi connectivity index (χ1n) is 10.5. The number of halogens is 1. The highest BCUT2D eigenvalue weighted by molar-refractivity contribution is 4.77. The van der Waals surface area contributed by atoms with Gasteiger partial charge in [0.15, 0.2) is 0 Å². The van der Waals surface area contributed by atoms with E-state index in [1.54, 1.807) is 0 Å². The van der Waals surface area contributed by atoms with Crippen molar-refractivity contribution in [2.24, 2.45) is 17.8 Å². The van der Waals surface area contributed by atoms with E-state index in [4.69, 9.17) is 4.74 Å². The number of hydrogen-bond acceptors (Lipinski definition) is 1. The number of hydrogen-bond donors (Lipinski definition) is 0. The van der Waals surface area contributed by atoms with Crippen molar-refractivity contribution in [3.05, 3.63) is 0 Å². The van der Waals surface area contributed by atoms with Crippen LogP contribution in [-0.4, -0.2) is 19.4 Å². The number of ether oxygens (including phenoxy) is 1. The third kappa shape index (κ3) is 7.54. The zero-order chi connectivity index (χ0) is 16.3. The Morgan fingerprint density at radius 3 is 1.78 bits per heavy atom. The lowest BCUT2D eigenvalue weighted by atomic mass is 9.76. The fourth-order valence-corrected chi connectivity index (χ4v) is 4.76. The monoisotopic (exact) mass is 326 g/mol. The fraction of sp³-hybridized carbons (Fsp3) is 1.00. The lowest BCUT2D eigenvalue weighted by Crippen LogP contribution is -2.23. The summed E-state index contributed by atoms with van der Waals surface area (Å²) in [6, 6.07) is 0. The summed E-state index contributed by atoms with van der Waals surface area (Å²) in [5.74, 6) is 2.97. The molecule has 136 valence electrons. The quantitative estimate of drug-likeness (QED) is 0.406. The van der Waals surface area contributed by atoms with E-state index in [-0.39, 0.29) is 6.67 Å². The molecule has 2 aliphatic carbocycles. The van der Waals surface area contributed by atoms with Gasteiger partial charge in [-0.1, -0.05) is 71.1 Å². The van der Waals surface area contributed by atoms with Crippen LogP contribution in [0.4, 0.5) is 4.39 Å². The van der Waals surface area contributed by atoms with E-state index in [1.165, 1.54) is 77.0 Å². The van der Waals surface area contributed by atoms with Crippen molar-refractivity contribution in [1.82, 2.24) is 0 Å². The van der Waals surface area contributed by atoms with Gasteiger partial charge in [-0.2, -0.15) is 0 Å². The molecule has 0 heterocycles. The van der Waals surface area contributed by atoms with Gasteiger partial charge >= 0.3 is 0 Å². The van der Waals surface area contributed by atoms with Crippen LogP contribution in [0.15, 0.2) is 0 Å². The van der Waals surface area contributed by atoms with Gasteiger partial charge in [0.2, 0.25) is 0 Å². The standard InChI is InChI=1S/C21H39FO/c1-2-3-4-5-18-6-8-19(9-7-18)10-11-20-12-14-21(15-13-20)23-17-16-22/h18-21H,2-17H2,1H3. The predicted molar refractivity (Wildman–Crippen MR) is 96.5 cm³/mol. The van der Waals surface area contributed by atoms with Crippen molar-refractivity contribution in [2.75, 3.05) is 13.3 Å². The van der Waals surface area contributed by atoms with E-state index >= 15 is 0 Å². The van der Waals surface area contributed by atoms with Gasteiger partial charge in [-0.15, -0.1) is 0 Å². The molecule has 1 nitrogen and oxygen atoms in total. The summed E-state index contributed by atoms with van der Waals surface area (Å²) >= 11 is 0. The first-order chi connectivity index (χ1) is 11.3. The Kier molecular flexibility index (Phi) is 9.56. The van der Waals surface area contributed by atoms with Crippen LogP contribution in [0.2, 0.25) is 0 Å². The number of unbranched alkanes of at least 4 members (excludes halogenated alkanes) is 2. The van der Waals surface area contributed by atoms with Crippen LogP contribution in [0.3, 0.4) is 0 Å². The SMILES string of the molecule is CCCCCC1CCC(CCC2CCC(OCCF)CC2)CC1. The maximum absolute atomic E-state index is 12.1. The molecule has 0 amide bonds. The summed E-state index contributed by atoms with van der Waals surface area (Å²) in [5, 5.41) is 0. The Morgan fingerprint density at radius 1 is 0.739 bits per heavy atom. The lowest BCUT2D eigenvalue weighted by Gasteiger charge is -2.32. The Bertz CT molecular complexity index is 278. The summed E-state index contributed by atoms with van der Waals surface area (Å²) in [6.07, 6.45) is 19.9. The van der Waals surface area contributed by atoms with E-state index in [9.17, 15) is 4.39 Å². The van der Waals surface area contributed by atoms with Gasteiger partial charge in [-0.25, -0.2) is 4.39 Å². The second kappa shape index (κ2) is 11.4. The minimum atomic E-state index is -0.332. The molecule has 0 bridgehead atoms. The second-order valence-corrected chi connectivity index (χ2v) is 8.16. The molecule has 2 heteroatoms. The van der Waals surface area contributed by atoms with Gasteiger partial charge in [-0.3, -0.25) is 0 Å². The molecule has 0 atom stereocenters. The molecule has 0 aromatic heterocycles. The lowest BCUT2D eigenvalue weighted by molar-refractivity contribution is 0.0102. The zero-order valence-corrected chi connectivity index (χ0v) is 15.4. The number of alkyl halides is 1. The van der Waals surface area contributed by atoms with Crippen LogP contribution in [-0.2, 0) is 4.74 Å². The van der Waals surface area contributed by atoms with Gasteiger partial charge in [0.25, 0.3) is 0 Å². The van der Waals surface area contributed by atoms with Crippen LogP contribution in [0, 0.1) is 17.8 Å². The third-order valence-corrected chi connectivity index (χ3v) is 6.39. The molecule has 0 N–H and O–H groups in total. The minimum absolute atomic E-state index is 0.302. The van der Waals surface area contributed by atoms with Crippen LogP contribution >= 0.6 is 0 Å². The van der Waals surface area contributed by atoms with E-state index in [2.05, 4.69) is 6.92 Å². The van der Waals surface area contributed by atoms with E-state index in [1.807, 2.05) is 0 Å². The normalized spacial score (nSPS) is 32.1. The molecule has 0 saturated heterocycles. The summed E-state index contributed by atoms with van der Waals surface area (Å²) in [7, 11) is 0.